The van der Waals surface area contributed by atoms with E-state index in [9.17, 15) is 13.6 Å². The maximum Gasteiger partial charge on any atom is 0.388 e. The molecule has 0 spiro atoms. The van der Waals surface area contributed by atoms with Gasteiger partial charge in [0, 0.05) is 24.8 Å². The number of carbonyl (C=O) groups is 1. The number of halogens is 2. The second-order valence-corrected chi connectivity index (χ2v) is 4.83. The third-order valence-corrected chi connectivity index (χ3v) is 3.15. The molecule has 1 aromatic heterocycles. The fourth-order valence-electron chi connectivity index (χ4n) is 1.87. The lowest BCUT2D eigenvalue weighted by Crippen LogP contribution is -2.41. The quantitative estimate of drug-likeness (QED) is 0.843. The number of hydrogen-bond donors (Lipinski definition) is 2. The van der Waals surface area contributed by atoms with Crippen LogP contribution in [0.3, 0.4) is 0 Å². The maximum atomic E-state index is 12.0. The van der Waals surface area contributed by atoms with E-state index in [0.29, 0.717) is 11.5 Å². The molecule has 0 aliphatic heterocycles. The molecule has 1 atom stereocenters. The average molecular weight is 285 g/mol. The zero-order valence-corrected chi connectivity index (χ0v) is 11.1. The van der Waals surface area contributed by atoms with Crippen molar-refractivity contribution in [3.05, 3.63) is 23.9 Å². The van der Waals surface area contributed by atoms with Crippen LogP contribution in [0.5, 0.6) is 5.88 Å². The number of carbonyl (C=O) groups excluding carboxylic acids is 1. The van der Waals surface area contributed by atoms with E-state index in [2.05, 4.69) is 20.4 Å². The minimum Gasteiger partial charge on any atom is -0.417 e. The zero-order chi connectivity index (χ0) is 14.5. The predicted octanol–water partition coefficient (Wildman–Crippen LogP) is 2.28. The summed E-state index contributed by atoms with van der Waals surface area (Å²) in [7, 11) is 0. The summed E-state index contributed by atoms with van der Waals surface area (Å²) in [4.78, 5) is 15.3. The molecular formula is C13H17F2N3O2. The predicted molar refractivity (Wildman–Crippen MR) is 68.4 cm³/mol. The van der Waals surface area contributed by atoms with Gasteiger partial charge >= 0.3 is 12.6 Å². The Morgan fingerprint density at radius 3 is 2.95 bits per heavy atom. The second-order valence-electron chi connectivity index (χ2n) is 4.83. The molecule has 1 fully saturated rings. The van der Waals surface area contributed by atoms with Crippen molar-refractivity contribution in [3.8, 4) is 5.88 Å². The van der Waals surface area contributed by atoms with Gasteiger partial charge in [-0.3, -0.25) is 0 Å². The van der Waals surface area contributed by atoms with Crippen molar-refractivity contribution in [1.29, 1.82) is 0 Å². The largest absolute Gasteiger partial charge is 0.417 e. The topological polar surface area (TPSA) is 63.2 Å². The third-order valence-electron chi connectivity index (χ3n) is 3.15. The van der Waals surface area contributed by atoms with Crippen LogP contribution >= 0.6 is 0 Å². The highest BCUT2D eigenvalue weighted by atomic mass is 19.3. The van der Waals surface area contributed by atoms with Gasteiger partial charge in [-0.25, -0.2) is 9.78 Å². The van der Waals surface area contributed by atoms with Gasteiger partial charge in [0.2, 0.25) is 5.88 Å². The van der Waals surface area contributed by atoms with Crippen LogP contribution in [0.15, 0.2) is 18.3 Å². The van der Waals surface area contributed by atoms with E-state index in [1.54, 1.807) is 6.07 Å². The molecule has 1 saturated carbocycles. The van der Waals surface area contributed by atoms with Crippen LogP contribution in [0.1, 0.15) is 25.3 Å². The van der Waals surface area contributed by atoms with E-state index in [0.717, 1.165) is 12.8 Å². The number of alkyl halides is 2. The molecule has 0 saturated heterocycles. The van der Waals surface area contributed by atoms with Crippen LogP contribution in [0, 0.1) is 5.92 Å². The number of hydrogen-bond acceptors (Lipinski definition) is 3. The summed E-state index contributed by atoms with van der Waals surface area (Å²) in [6.07, 6.45) is 3.67. The summed E-state index contributed by atoms with van der Waals surface area (Å²) in [5.74, 6) is 0.416. The molecule has 2 rings (SSSR count). The first-order valence-electron chi connectivity index (χ1n) is 6.48. The molecule has 1 aliphatic rings. The summed E-state index contributed by atoms with van der Waals surface area (Å²) in [5.41, 5.74) is 0.643. The van der Waals surface area contributed by atoms with Gasteiger partial charge < -0.3 is 15.4 Å². The monoisotopic (exact) mass is 285 g/mol. The van der Waals surface area contributed by atoms with Gasteiger partial charge in [-0.15, -0.1) is 0 Å². The molecule has 1 heterocycles. The van der Waals surface area contributed by atoms with Gasteiger partial charge in [0.1, 0.15) is 0 Å². The molecule has 1 aromatic rings. The SMILES string of the molecule is C[C@@H](NC(=O)NCc1ccnc(OC(F)F)c1)C1CC1. The number of amides is 2. The van der Waals surface area contributed by atoms with Crippen molar-refractivity contribution in [1.82, 2.24) is 15.6 Å². The van der Waals surface area contributed by atoms with E-state index in [4.69, 9.17) is 0 Å². The van der Waals surface area contributed by atoms with Gasteiger partial charge in [-0.2, -0.15) is 8.78 Å². The molecule has 1 aliphatic carbocycles. The highest BCUT2D eigenvalue weighted by Crippen LogP contribution is 2.32. The van der Waals surface area contributed by atoms with Crippen LogP contribution in [0.25, 0.3) is 0 Å². The van der Waals surface area contributed by atoms with Crippen LogP contribution < -0.4 is 15.4 Å². The molecule has 0 aromatic carbocycles. The fraction of sp³-hybridized carbons (Fsp3) is 0.538. The summed E-state index contributed by atoms with van der Waals surface area (Å²) >= 11 is 0. The van der Waals surface area contributed by atoms with Gasteiger partial charge in [-0.05, 0) is 37.3 Å². The summed E-state index contributed by atoms with van der Waals surface area (Å²) in [6, 6.07) is 2.89. The standard InChI is InChI=1S/C13H17F2N3O2/c1-8(10-2-3-10)18-13(19)17-7-9-4-5-16-11(6-9)20-12(14)15/h4-6,8,10,12H,2-3,7H2,1H3,(H2,17,18,19)/t8-/m1/s1. The smallest absolute Gasteiger partial charge is 0.388 e. The molecule has 2 N–H and O–H groups in total. The van der Waals surface area contributed by atoms with E-state index in [1.807, 2.05) is 6.92 Å². The van der Waals surface area contributed by atoms with Crippen LogP contribution in [0.4, 0.5) is 13.6 Å². The lowest BCUT2D eigenvalue weighted by atomic mass is 10.2. The summed E-state index contributed by atoms with van der Waals surface area (Å²) < 4.78 is 28.3. The molecule has 2 amide bonds. The summed E-state index contributed by atoms with van der Waals surface area (Å²) in [6.45, 7) is -0.711. The second kappa shape index (κ2) is 6.49. The van der Waals surface area contributed by atoms with Crippen LogP contribution in [-0.4, -0.2) is 23.7 Å². The Morgan fingerprint density at radius 2 is 2.30 bits per heavy atom. The molecular weight excluding hydrogens is 268 g/mol. The van der Waals surface area contributed by atoms with E-state index in [1.165, 1.54) is 12.3 Å². The van der Waals surface area contributed by atoms with Crippen molar-refractivity contribution in [2.75, 3.05) is 0 Å². The van der Waals surface area contributed by atoms with Crippen molar-refractivity contribution in [3.63, 3.8) is 0 Å². The van der Waals surface area contributed by atoms with E-state index >= 15 is 0 Å². The molecule has 20 heavy (non-hydrogen) atoms. The average Bonchev–Trinajstić information content (AvgIpc) is 3.20. The van der Waals surface area contributed by atoms with Crippen LogP contribution in [-0.2, 0) is 6.54 Å². The Balaban J connectivity index is 1.79. The van der Waals surface area contributed by atoms with E-state index < -0.39 is 6.61 Å². The minimum absolute atomic E-state index is 0.158. The molecule has 0 unspecified atom stereocenters. The van der Waals surface area contributed by atoms with Crippen molar-refractivity contribution >= 4 is 6.03 Å². The number of nitrogens with zero attached hydrogens (tertiary/aromatic N) is 1. The molecule has 0 radical (unpaired) electrons. The lowest BCUT2D eigenvalue weighted by molar-refractivity contribution is -0.0529. The molecule has 5 nitrogen and oxygen atoms in total. The number of pyridine rings is 1. The Kier molecular flexibility index (Phi) is 4.70. The lowest BCUT2D eigenvalue weighted by Gasteiger charge is -2.13. The van der Waals surface area contributed by atoms with Gasteiger partial charge in [0.25, 0.3) is 0 Å². The molecule has 0 bridgehead atoms. The number of nitrogens with one attached hydrogen (secondary N) is 2. The first-order valence-corrected chi connectivity index (χ1v) is 6.48. The molecule has 110 valence electrons. The van der Waals surface area contributed by atoms with E-state index in [-0.39, 0.29) is 24.5 Å². The van der Waals surface area contributed by atoms with Crippen molar-refractivity contribution in [2.24, 2.45) is 5.92 Å². The minimum atomic E-state index is -2.91. The zero-order valence-electron chi connectivity index (χ0n) is 11.1. The maximum absolute atomic E-state index is 12.0. The fourth-order valence-corrected chi connectivity index (χ4v) is 1.87. The highest BCUT2D eigenvalue weighted by Gasteiger charge is 2.28. The summed E-state index contributed by atoms with van der Waals surface area (Å²) in [5, 5.41) is 5.51. The Labute approximate surface area is 115 Å². The van der Waals surface area contributed by atoms with Crippen LogP contribution in [0.2, 0.25) is 0 Å². The van der Waals surface area contributed by atoms with Crippen molar-refractivity contribution < 1.29 is 18.3 Å². The number of ether oxygens (including phenoxy) is 1. The van der Waals surface area contributed by atoms with Gasteiger partial charge in [0.05, 0.1) is 0 Å². The first kappa shape index (κ1) is 14.5. The molecule has 7 heteroatoms. The normalized spacial score (nSPS) is 15.8. The Hall–Kier alpha value is -1.92. The number of rotatable bonds is 6. The Morgan fingerprint density at radius 1 is 1.55 bits per heavy atom. The first-order chi connectivity index (χ1) is 9.54. The van der Waals surface area contributed by atoms with Gasteiger partial charge in [-0.1, -0.05) is 0 Å². The highest BCUT2D eigenvalue weighted by molar-refractivity contribution is 5.74. The van der Waals surface area contributed by atoms with Gasteiger partial charge in [0.15, 0.2) is 0 Å². The van der Waals surface area contributed by atoms with Crippen molar-refractivity contribution in [2.45, 2.75) is 39.0 Å². The number of aromatic nitrogens is 1. The number of urea groups is 1. The third kappa shape index (κ3) is 4.64. The Bertz CT molecular complexity index is 467.